The van der Waals surface area contributed by atoms with Crippen LogP contribution in [-0.2, 0) is 9.59 Å². The third-order valence-corrected chi connectivity index (χ3v) is 2.78. The first-order valence-electron chi connectivity index (χ1n) is 4.84. The van der Waals surface area contributed by atoms with Crippen molar-refractivity contribution in [2.75, 3.05) is 18.8 Å². The molecule has 0 amide bonds. The van der Waals surface area contributed by atoms with E-state index in [0.717, 1.165) is 18.8 Å². The second kappa shape index (κ2) is 6.74. The molecule has 2 rings (SSSR count). The van der Waals surface area contributed by atoms with Crippen LogP contribution in [0.15, 0.2) is 29.4 Å². The second-order valence-electron chi connectivity index (χ2n) is 3.06. The number of carboxylic acid groups (broad SMARTS) is 2. The molecule has 0 unspecified atom stereocenters. The van der Waals surface area contributed by atoms with Crippen LogP contribution in [0.2, 0.25) is 0 Å². The van der Waals surface area contributed by atoms with Crippen molar-refractivity contribution >= 4 is 28.9 Å². The minimum absolute atomic E-state index is 0.558. The van der Waals surface area contributed by atoms with E-state index >= 15 is 0 Å². The molecule has 0 aliphatic carbocycles. The zero-order valence-corrected chi connectivity index (χ0v) is 9.76. The lowest BCUT2D eigenvalue weighted by atomic mass is 10.5. The van der Waals surface area contributed by atoms with Gasteiger partial charge in [-0.25, -0.2) is 9.59 Å². The number of aliphatic carboxylic acids is 2. The number of amidine groups is 1. The summed E-state index contributed by atoms with van der Waals surface area (Å²) >= 11 is 1.82. The van der Waals surface area contributed by atoms with E-state index in [4.69, 9.17) is 10.2 Å². The van der Waals surface area contributed by atoms with Gasteiger partial charge in [0.2, 0.25) is 0 Å². The van der Waals surface area contributed by atoms with E-state index in [1.54, 1.807) is 0 Å². The molecule has 92 valence electrons. The predicted octanol–water partition coefficient (Wildman–Crippen LogP) is 0.630. The third-order valence-electron chi connectivity index (χ3n) is 1.80. The van der Waals surface area contributed by atoms with E-state index in [-0.39, 0.29) is 0 Å². The first-order chi connectivity index (χ1) is 8.09. The standard InChI is InChI=1S/C6H8N2S.C4H4O4/c1-3-8-4-2-7-6(8)9-5-1;5-3(6)1-2-4(7)8/h1,3H,2,4-5H2;1-2H,(H,5,6)(H,7,8)/b;2-1+. The fraction of sp³-hybridized carbons (Fsp3) is 0.300. The summed E-state index contributed by atoms with van der Waals surface area (Å²) < 4.78 is 0. The molecule has 0 bridgehead atoms. The monoisotopic (exact) mass is 256 g/mol. The molecule has 0 spiro atoms. The van der Waals surface area contributed by atoms with Crippen LogP contribution in [0.5, 0.6) is 0 Å². The Bertz CT molecular complexity index is 374. The van der Waals surface area contributed by atoms with Crippen LogP contribution >= 0.6 is 11.8 Å². The van der Waals surface area contributed by atoms with Gasteiger partial charge in [0.1, 0.15) is 0 Å². The summed E-state index contributed by atoms with van der Waals surface area (Å²) in [6.07, 6.45) is 5.42. The maximum atomic E-state index is 9.55. The largest absolute Gasteiger partial charge is 0.478 e. The van der Waals surface area contributed by atoms with Crippen molar-refractivity contribution in [2.45, 2.75) is 0 Å². The average molecular weight is 256 g/mol. The van der Waals surface area contributed by atoms with Crippen LogP contribution in [0.25, 0.3) is 0 Å². The van der Waals surface area contributed by atoms with Gasteiger partial charge in [0, 0.05) is 30.6 Å². The van der Waals surface area contributed by atoms with Crippen molar-refractivity contribution in [3.63, 3.8) is 0 Å². The Hall–Kier alpha value is -1.76. The van der Waals surface area contributed by atoms with E-state index in [2.05, 4.69) is 22.2 Å². The molecule has 0 saturated heterocycles. The zero-order valence-electron chi connectivity index (χ0n) is 8.94. The fourth-order valence-electron chi connectivity index (χ4n) is 1.14. The molecule has 2 N–H and O–H groups in total. The van der Waals surface area contributed by atoms with Gasteiger partial charge >= 0.3 is 11.9 Å². The first kappa shape index (κ1) is 13.3. The molecule has 0 radical (unpaired) electrons. The summed E-state index contributed by atoms with van der Waals surface area (Å²) in [6, 6.07) is 0. The Morgan fingerprint density at radius 1 is 1.35 bits per heavy atom. The molecule has 6 nitrogen and oxygen atoms in total. The van der Waals surface area contributed by atoms with Gasteiger partial charge in [-0.15, -0.1) is 0 Å². The summed E-state index contributed by atoms with van der Waals surface area (Å²) in [5.74, 6) is -1.42. The van der Waals surface area contributed by atoms with Crippen molar-refractivity contribution in [3.05, 3.63) is 24.4 Å². The SMILES string of the molecule is C1=CN2CCN=C2SC1.O=C(O)/C=C/C(=O)O. The van der Waals surface area contributed by atoms with Gasteiger partial charge < -0.3 is 15.1 Å². The molecule has 0 aromatic heterocycles. The molecule has 2 aliphatic rings. The predicted molar refractivity (Wildman–Crippen MR) is 65.0 cm³/mol. The maximum absolute atomic E-state index is 9.55. The lowest BCUT2D eigenvalue weighted by molar-refractivity contribution is -0.134. The highest BCUT2D eigenvalue weighted by Crippen LogP contribution is 2.18. The van der Waals surface area contributed by atoms with Crippen LogP contribution < -0.4 is 0 Å². The maximum Gasteiger partial charge on any atom is 0.328 e. The molecule has 0 aromatic rings. The topological polar surface area (TPSA) is 90.2 Å². The Balaban J connectivity index is 0.000000172. The number of hydrogen-bond acceptors (Lipinski definition) is 5. The van der Waals surface area contributed by atoms with Gasteiger partial charge in [0.05, 0.1) is 6.54 Å². The van der Waals surface area contributed by atoms with Crippen LogP contribution in [0, 0.1) is 0 Å². The normalized spacial score (nSPS) is 17.2. The molecule has 0 saturated carbocycles. The van der Waals surface area contributed by atoms with Gasteiger partial charge in [-0.05, 0) is 0 Å². The molecule has 2 aliphatic heterocycles. The summed E-state index contributed by atoms with van der Waals surface area (Å²) in [7, 11) is 0. The number of fused-ring (bicyclic) bond motifs is 1. The lowest BCUT2D eigenvalue weighted by Gasteiger charge is -2.17. The van der Waals surface area contributed by atoms with Crippen molar-refractivity contribution in [3.8, 4) is 0 Å². The average Bonchev–Trinajstić information content (AvgIpc) is 2.75. The number of rotatable bonds is 2. The Morgan fingerprint density at radius 2 is 2.00 bits per heavy atom. The number of aliphatic imine (C=N–C) groups is 1. The van der Waals surface area contributed by atoms with Gasteiger partial charge in [0.15, 0.2) is 5.17 Å². The number of carboxylic acids is 2. The number of hydrogen-bond donors (Lipinski definition) is 2. The highest BCUT2D eigenvalue weighted by atomic mass is 32.2. The highest BCUT2D eigenvalue weighted by Gasteiger charge is 2.16. The van der Waals surface area contributed by atoms with E-state index < -0.39 is 11.9 Å². The molecular formula is C10H12N2O4S. The lowest BCUT2D eigenvalue weighted by Crippen LogP contribution is -2.21. The third kappa shape index (κ3) is 5.21. The van der Waals surface area contributed by atoms with E-state index in [1.807, 2.05) is 11.8 Å². The zero-order chi connectivity index (χ0) is 12.7. The molecule has 17 heavy (non-hydrogen) atoms. The van der Waals surface area contributed by atoms with Gasteiger partial charge in [-0.1, -0.05) is 17.8 Å². The molecule has 0 fully saturated rings. The number of thioether (sulfide) groups is 1. The van der Waals surface area contributed by atoms with Gasteiger partial charge in [-0.2, -0.15) is 0 Å². The molecule has 0 atom stereocenters. The fourth-order valence-corrected chi connectivity index (χ4v) is 1.97. The van der Waals surface area contributed by atoms with Gasteiger partial charge in [-0.3, -0.25) is 4.99 Å². The van der Waals surface area contributed by atoms with Crippen LogP contribution in [0.3, 0.4) is 0 Å². The van der Waals surface area contributed by atoms with E-state index in [1.165, 1.54) is 5.17 Å². The molecular weight excluding hydrogens is 244 g/mol. The van der Waals surface area contributed by atoms with Crippen LogP contribution in [0.1, 0.15) is 0 Å². The Morgan fingerprint density at radius 3 is 2.53 bits per heavy atom. The Kier molecular flexibility index (Phi) is 5.28. The van der Waals surface area contributed by atoms with E-state index in [9.17, 15) is 9.59 Å². The second-order valence-corrected chi connectivity index (χ2v) is 4.05. The first-order valence-corrected chi connectivity index (χ1v) is 5.82. The van der Waals surface area contributed by atoms with Crippen molar-refractivity contribution < 1.29 is 19.8 Å². The summed E-state index contributed by atoms with van der Waals surface area (Å²) in [5, 5.41) is 16.8. The summed E-state index contributed by atoms with van der Waals surface area (Å²) in [6.45, 7) is 2.06. The minimum atomic E-state index is -1.26. The number of nitrogens with zero attached hydrogens (tertiary/aromatic N) is 2. The molecule has 0 aromatic carbocycles. The van der Waals surface area contributed by atoms with Crippen LogP contribution in [-0.4, -0.2) is 51.1 Å². The minimum Gasteiger partial charge on any atom is -0.478 e. The van der Waals surface area contributed by atoms with Crippen molar-refractivity contribution in [2.24, 2.45) is 4.99 Å². The van der Waals surface area contributed by atoms with Crippen LogP contribution in [0.4, 0.5) is 0 Å². The quantitative estimate of drug-likeness (QED) is 0.704. The Labute approximate surface area is 102 Å². The number of carbonyl (C=O) groups is 2. The molecule has 2 heterocycles. The van der Waals surface area contributed by atoms with Gasteiger partial charge in [0.25, 0.3) is 0 Å². The summed E-state index contributed by atoms with van der Waals surface area (Å²) in [4.78, 5) is 25.6. The highest BCUT2D eigenvalue weighted by molar-refractivity contribution is 8.14. The van der Waals surface area contributed by atoms with Crippen molar-refractivity contribution in [1.82, 2.24) is 4.90 Å². The van der Waals surface area contributed by atoms with Crippen molar-refractivity contribution in [1.29, 1.82) is 0 Å². The smallest absolute Gasteiger partial charge is 0.328 e. The summed E-state index contributed by atoms with van der Waals surface area (Å²) in [5.41, 5.74) is 0. The van der Waals surface area contributed by atoms with E-state index in [0.29, 0.717) is 12.2 Å². The molecule has 7 heteroatoms.